The molecule has 11 rings (SSSR count). The lowest BCUT2D eigenvalue weighted by molar-refractivity contribution is 0.0639. The highest BCUT2D eigenvalue weighted by atomic mass is 16.5. The minimum absolute atomic E-state index is 0.0317. The van der Waals surface area contributed by atoms with Crippen molar-refractivity contribution in [3.05, 3.63) is 147 Å². The molecular weight excluding hydrogens is 901 g/mol. The van der Waals surface area contributed by atoms with E-state index in [1.807, 2.05) is 0 Å². The SMILES string of the molecule is O=C(NCCCCCCOc1ccc(Cc2ccc(OC(CCCCCN3CCCCCC3)=C3C4CC5CC(C4)CC3C5)cc2)cc1)c1ccc(-c2c3ccc(=O)cc-3oc3cc(O)ccc23)c(C(=O)O)c1. The number of fused-ring (bicyclic) bond motifs is 2. The molecule has 10 nitrogen and oxygen atoms in total. The van der Waals surface area contributed by atoms with Crippen LogP contribution in [0.3, 0.4) is 0 Å². The summed E-state index contributed by atoms with van der Waals surface area (Å²) in [5, 5.41) is 23.9. The number of aromatic hydroxyl groups is 1. The number of carboxylic acids is 1. The van der Waals surface area contributed by atoms with Crippen molar-refractivity contribution in [1.29, 1.82) is 0 Å². The third-order valence-electron chi connectivity index (χ3n) is 16.0. The number of allylic oxidation sites excluding steroid dienone is 2. The molecule has 2 heterocycles. The molecule has 7 aliphatic rings. The van der Waals surface area contributed by atoms with Crippen LogP contribution in [0.5, 0.6) is 17.2 Å². The number of phenolic OH excluding ortho intramolecular Hbond substituents is 1. The number of hydrogen-bond acceptors (Lipinski definition) is 8. The number of rotatable bonds is 21. The lowest BCUT2D eigenvalue weighted by Crippen LogP contribution is -2.41. The maximum Gasteiger partial charge on any atom is 0.336 e. The van der Waals surface area contributed by atoms with Gasteiger partial charge < -0.3 is 34.3 Å². The second-order valence-electron chi connectivity index (χ2n) is 21.2. The number of likely N-dealkylation sites (tertiary alicyclic amines) is 1. The summed E-state index contributed by atoms with van der Waals surface area (Å²) in [4.78, 5) is 40.7. The highest BCUT2D eigenvalue weighted by Crippen LogP contribution is 2.57. The minimum atomic E-state index is -1.20. The number of ether oxygens (including phenoxy) is 2. The first kappa shape index (κ1) is 49.2. The molecule has 1 amide bonds. The van der Waals surface area contributed by atoms with Gasteiger partial charge in [-0.15, -0.1) is 0 Å². The van der Waals surface area contributed by atoms with Crippen molar-refractivity contribution in [2.24, 2.45) is 23.7 Å². The van der Waals surface area contributed by atoms with Crippen molar-refractivity contribution in [3.63, 3.8) is 0 Å². The van der Waals surface area contributed by atoms with E-state index < -0.39 is 5.97 Å². The summed E-state index contributed by atoms with van der Waals surface area (Å²) >= 11 is 0. The maximum absolute atomic E-state index is 13.2. The topological polar surface area (TPSA) is 139 Å². The predicted octanol–water partition coefficient (Wildman–Crippen LogP) is 13.5. The Kier molecular flexibility index (Phi) is 15.7. The monoisotopic (exact) mass is 971 g/mol. The van der Waals surface area contributed by atoms with Crippen molar-refractivity contribution in [3.8, 4) is 39.7 Å². The second kappa shape index (κ2) is 23.0. The molecule has 4 aromatic rings. The number of unbranched alkanes of at least 4 members (excludes halogenated alkanes) is 5. The second-order valence-corrected chi connectivity index (χ2v) is 21.2. The van der Waals surface area contributed by atoms with Gasteiger partial charge in [-0.25, -0.2) is 4.79 Å². The van der Waals surface area contributed by atoms with Crippen LogP contribution in [0.25, 0.3) is 33.4 Å². The first-order valence-corrected chi connectivity index (χ1v) is 27.0. The van der Waals surface area contributed by atoms with Crippen LogP contribution in [0.1, 0.15) is 141 Å². The fourth-order valence-corrected chi connectivity index (χ4v) is 12.6. The van der Waals surface area contributed by atoms with Crippen LogP contribution in [0, 0.1) is 23.7 Å². The molecule has 0 unspecified atom stereocenters. The summed E-state index contributed by atoms with van der Waals surface area (Å²) in [6, 6.07) is 30.7. The first-order chi connectivity index (χ1) is 35.2. The van der Waals surface area contributed by atoms with Crippen LogP contribution < -0.4 is 20.2 Å². The molecule has 0 aromatic heterocycles. The van der Waals surface area contributed by atoms with Gasteiger partial charge in [0.1, 0.15) is 34.4 Å². The molecule has 4 bridgehead atoms. The van der Waals surface area contributed by atoms with Crippen molar-refractivity contribution in [2.45, 2.75) is 116 Å². The Bertz CT molecular complexity index is 2860. The van der Waals surface area contributed by atoms with E-state index in [4.69, 9.17) is 13.9 Å². The van der Waals surface area contributed by atoms with Crippen LogP contribution in [-0.4, -0.2) is 59.8 Å². The number of phenols is 1. The third-order valence-corrected chi connectivity index (χ3v) is 16.0. The summed E-state index contributed by atoms with van der Waals surface area (Å²) in [5.74, 6) is 5.17. The zero-order valence-corrected chi connectivity index (χ0v) is 41.7. The van der Waals surface area contributed by atoms with Crippen molar-refractivity contribution < 1.29 is 33.7 Å². The smallest absolute Gasteiger partial charge is 0.336 e. The summed E-state index contributed by atoms with van der Waals surface area (Å²) in [6.07, 6.45) is 21.7. The molecule has 5 aliphatic carbocycles. The van der Waals surface area contributed by atoms with E-state index in [-0.39, 0.29) is 34.0 Å². The van der Waals surface area contributed by atoms with E-state index in [0.717, 1.165) is 73.7 Å². The van der Waals surface area contributed by atoms with Crippen LogP contribution in [0.2, 0.25) is 0 Å². The summed E-state index contributed by atoms with van der Waals surface area (Å²) in [6.45, 7) is 4.89. The number of nitrogens with one attached hydrogen (secondary N) is 1. The standard InChI is InChI=1S/C62H70N2O8/c65-48-18-25-53-57(39-48)72-58-40-49(66)19-26-54(58)60(53)52-24-17-45(38-55(52)62(68)69)61(67)63-27-7-1-4-11-31-70-50-20-13-41(14-21-50)32-42-15-22-51(23-16-42)71-56(12-6-5-10-30-64-28-8-2-3-9-29-64)59-46-34-43-33-44(36-46)37-47(59)35-43/h13-26,38-40,43-44,46-47,65H,1-12,27-37H2,(H,63,67)(H,68,69). The molecule has 0 spiro atoms. The van der Waals surface area contributed by atoms with Crippen molar-refractivity contribution in [1.82, 2.24) is 10.2 Å². The molecular formula is C62H70N2O8. The normalized spacial score (nSPS) is 19.6. The van der Waals surface area contributed by atoms with E-state index in [2.05, 4.69) is 58.7 Å². The Morgan fingerprint density at radius 3 is 2.08 bits per heavy atom. The zero-order valence-electron chi connectivity index (χ0n) is 41.7. The number of carbonyl (C=O) groups excluding carboxylic acids is 1. The Morgan fingerprint density at radius 1 is 0.681 bits per heavy atom. The van der Waals surface area contributed by atoms with Gasteiger partial charge in [0.2, 0.25) is 0 Å². The van der Waals surface area contributed by atoms with E-state index in [9.17, 15) is 24.6 Å². The van der Waals surface area contributed by atoms with Gasteiger partial charge in [-0.2, -0.15) is 0 Å². The Morgan fingerprint density at radius 2 is 1.36 bits per heavy atom. The summed E-state index contributed by atoms with van der Waals surface area (Å²) < 4.78 is 18.9. The zero-order chi connectivity index (χ0) is 49.4. The van der Waals surface area contributed by atoms with Gasteiger partial charge in [0.05, 0.1) is 12.2 Å². The molecule has 3 N–H and O–H groups in total. The Labute approximate surface area is 423 Å². The van der Waals surface area contributed by atoms with E-state index in [1.165, 1.54) is 144 Å². The number of aromatic carboxylic acids is 1. The Balaban J connectivity index is 0.659. The third kappa shape index (κ3) is 11.9. The van der Waals surface area contributed by atoms with Gasteiger partial charge in [-0.1, -0.05) is 62.4 Å². The highest BCUT2D eigenvalue weighted by Gasteiger charge is 2.46. The molecule has 5 fully saturated rings. The fraction of sp³-hybridized carbons (Fsp3) is 0.435. The summed E-state index contributed by atoms with van der Waals surface area (Å²) in [7, 11) is 0. The van der Waals surface area contributed by atoms with Crippen LogP contribution in [0.15, 0.2) is 124 Å². The quantitative estimate of drug-likeness (QED) is 0.0365. The molecule has 72 heavy (non-hydrogen) atoms. The van der Waals surface area contributed by atoms with Gasteiger partial charge in [-0.3, -0.25) is 9.59 Å². The number of hydrogen-bond donors (Lipinski definition) is 3. The number of carbonyl (C=O) groups is 2. The molecule has 0 radical (unpaired) electrons. The van der Waals surface area contributed by atoms with Gasteiger partial charge in [0, 0.05) is 47.2 Å². The van der Waals surface area contributed by atoms with E-state index >= 15 is 0 Å². The molecule has 1 saturated heterocycles. The van der Waals surface area contributed by atoms with Crippen LogP contribution >= 0.6 is 0 Å². The molecule has 4 aromatic carbocycles. The number of benzene rings is 5. The number of carboxylic acid groups (broad SMARTS) is 1. The average Bonchev–Trinajstić information content (AvgIpc) is 3.65. The lowest BCUT2D eigenvalue weighted by Gasteiger charge is -2.51. The average molecular weight is 971 g/mol. The van der Waals surface area contributed by atoms with Gasteiger partial charge in [0.15, 0.2) is 5.43 Å². The lowest BCUT2D eigenvalue weighted by atomic mass is 9.54. The van der Waals surface area contributed by atoms with Gasteiger partial charge >= 0.3 is 5.97 Å². The van der Waals surface area contributed by atoms with Crippen LogP contribution in [0.4, 0.5) is 0 Å². The largest absolute Gasteiger partial charge is 0.508 e. The van der Waals surface area contributed by atoms with Crippen molar-refractivity contribution in [2.75, 3.05) is 32.8 Å². The Hall–Kier alpha value is -6.39. The van der Waals surface area contributed by atoms with Gasteiger partial charge in [0.25, 0.3) is 5.91 Å². The van der Waals surface area contributed by atoms with E-state index in [0.29, 0.717) is 40.8 Å². The summed E-state index contributed by atoms with van der Waals surface area (Å²) in [5.41, 5.74) is 5.82. The predicted molar refractivity (Wildman–Crippen MR) is 283 cm³/mol. The number of nitrogens with zero attached hydrogens (tertiary/aromatic N) is 1. The molecule has 10 heteroatoms. The van der Waals surface area contributed by atoms with E-state index in [1.54, 1.807) is 29.8 Å². The number of amides is 1. The molecule has 4 saturated carbocycles. The molecule has 0 atom stereocenters. The van der Waals surface area contributed by atoms with Gasteiger partial charge in [-0.05, 0) is 203 Å². The van der Waals surface area contributed by atoms with Crippen molar-refractivity contribution >= 4 is 22.8 Å². The van der Waals surface area contributed by atoms with Crippen LogP contribution in [-0.2, 0) is 6.42 Å². The molecule has 376 valence electrons. The highest BCUT2D eigenvalue weighted by molar-refractivity contribution is 6.09. The maximum atomic E-state index is 13.2. The minimum Gasteiger partial charge on any atom is -0.508 e. The first-order valence-electron chi connectivity index (χ1n) is 27.0. The fourth-order valence-electron chi connectivity index (χ4n) is 12.6. The molecule has 2 aliphatic heterocycles.